The Labute approximate surface area is 116 Å². The molecule has 0 aromatic heterocycles. The molecule has 4 nitrogen and oxygen atoms in total. The van der Waals surface area contributed by atoms with Crippen molar-refractivity contribution in [3.8, 4) is 0 Å². The van der Waals surface area contributed by atoms with Crippen LogP contribution >= 0.6 is 0 Å². The molecule has 1 aliphatic rings. The van der Waals surface area contributed by atoms with E-state index in [2.05, 4.69) is 0 Å². The Hall–Kier alpha value is -1.27. The van der Waals surface area contributed by atoms with Crippen LogP contribution in [0.3, 0.4) is 0 Å². The third-order valence-electron chi connectivity index (χ3n) is 2.97. The molecule has 0 saturated heterocycles. The lowest BCUT2D eigenvalue weighted by atomic mass is 10.0. The first kappa shape index (κ1) is 16.8. The van der Waals surface area contributed by atoms with Gasteiger partial charge in [0.1, 0.15) is 12.1 Å². The van der Waals surface area contributed by atoms with E-state index in [1.54, 1.807) is 20.8 Å². The van der Waals surface area contributed by atoms with Crippen LogP contribution < -0.4 is 0 Å². The molecule has 0 atom stereocenters. The third-order valence-corrected chi connectivity index (χ3v) is 2.97. The summed E-state index contributed by atoms with van der Waals surface area (Å²) in [6, 6.07) is 0. The zero-order valence-corrected chi connectivity index (χ0v) is 12.1. The summed E-state index contributed by atoms with van der Waals surface area (Å²) in [4.78, 5) is 24.4. The van der Waals surface area contributed by atoms with Crippen LogP contribution in [0, 0.1) is 5.41 Å². The number of carbonyl (C=O) groups excluding carboxylic acids is 2. The van der Waals surface area contributed by atoms with Gasteiger partial charge in [-0.2, -0.15) is 13.2 Å². The minimum Gasteiger partial charge on any atom is -0.460 e. The first-order chi connectivity index (χ1) is 8.85. The van der Waals surface area contributed by atoms with Crippen LogP contribution in [-0.4, -0.2) is 42.1 Å². The maximum atomic E-state index is 12.3. The maximum Gasteiger partial charge on any atom is 0.406 e. The molecule has 0 heterocycles. The van der Waals surface area contributed by atoms with Crippen LogP contribution in [-0.2, 0) is 14.3 Å². The summed E-state index contributed by atoms with van der Waals surface area (Å²) in [5.74, 6) is -1.19. The first-order valence-electron chi connectivity index (χ1n) is 6.39. The molecule has 0 bridgehead atoms. The van der Waals surface area contributed by atoms with E-state index in [1.165, 1.54) is 0 Å². The highest BCUT2D eigenvalue weighted by molar-refractivity contribution is 5.89. The molecule has 1 amide bonds. The van der Waals surface area contributed by atoms with Crippen molar-refractivity contribution in [1.29, 1.82) is 0 Å². The smallest absolute Gasteiger partial charge is 0.406 e. The lowest BCUT2D eigenvalue weighted by molar-refractivity contribution is -0.166. The minimum atomic E-state index is -4.44. The molecular formula is C13H20F3NO3. The maximum absolute atomic E-state index is 12.3. The summed E-state index contributed by atoms with van der Waals surface area (Å²) >= 11 is 0. The van der Waals surface area contributed by atoms with Crippen LogP contribution in [0.15, 0.2) is 0 Å². The number of rotatable bonds is 4. The number of hydrogen-bond acceptors (Lipinski definition) is 3. The van der Waals surface area contributed by atoms with Crippen molar-refractivity contribution >= 4 is 11.9 Å². The molecule has 1 saturated carbocycles. The number of carbonyl (C=O) groups is 2. The van der Waals surface area contributed by atoms with Crippen molar-refractivity contribution in [2.75, 3.05) is 13.6 Å². The zero-order valence-electron chi connectivity index (χ0n) is 12.1. The van der Waals surface area contributed by atoms with Crippen LogP contribution in [0.4, 0.5) is 13.2 Å². The molecule has 116 valence electrons. The van der Waals surface area contributed by atoms with Gasteiger partial charge in [-0.1, -0.05) is 0 Å². The van der Waals surface area contributed by atoms with Gasteiger partial charge in [0.15, 0.2) is 0 Å². The van der Waals surface area contributed by atoms with Gasteiger partial charge in [0.25, 0.3) is 0 Å². The Balaban J connectivity index is 2.61. The Morgan fingerprint density at radius 3 is 2.05 bits per heavy atom. The van der Waals surface area contributed by atoms with Gasteiger partial charge in [-0.05, 0) is 33.6 Å². The van der Waals surface area contributed by atoms with E-state index in [-0.39, 0.29) is 6.42 Å². The largest absolute Gasteiger partial charge is 0.460 e. The van der Waals surface area contributed by atoms with Gasteiger partial charge in [0, 0.05) is 7.05 Å². The summed E-state index contributed by atoms with van der Waals surface area (Å²) in [6.07, 6.45) is -3.75. The number of ether oxygens (including phenoxy) is 1. The second-order valence-corrected chi connectivity index (χ2v) is 6.32. The predicted octanol–water partition coefficient (Wildman–Crippen LogP) is 2.52. The average Bonchev–Trinajstić information content (AvgIpc) is 2.91. The van der Waals surface area contributed by atoms with Gasteiger partial charge in [0.05, 0.1) is 11.8 Å². The van der Waals surface area contributed by atoms with E-state index in [0.717, 1.165) is 7.05 Å². The van der Waals surface area contributed by atoms with E-state index in [4.69, 9.17) is 4.74 Å². The molecule has 0 aromatic carbocycles. The molecule has 0 radical (unpaired) electrons. The SMILES string of the molecule is CN(CC(F)(F)F)C(=O)C1(CC(=O)OC(C)(C)C)CC1. The fourth-order valence-electron chi connectivity index (χ4n) is 2.02. The van der Waals surface area contributed by atoms with E-state index < -0.39 is 35.6 Å². The number of amides is 1. The standard InChI is InChI=1S/C13H20F3NO3/c1-11(2,3)20-9(18)7-12(5-6-12)10(19)17(4)8-13(14,15)16/h5-8H2,1-4H3. The fraction of sp³-hybridized carbons (Fsp3) is 0.846. The highest BCUT2D eigenvalue weighted by atomic mass is 19.4. The number of nitrogens with zero attached hydrogens (tertiary/aromatic N) is 1. The highest BCUT2D eigenvalue weighted by Gasteiger charge is 2.54. The lowest BCUT2D eigenvalue weighted by Crippen LogP contribution is -2.41. The predicted molar refractivity (Wildman–Crippen MR) is 65.8 cm³/mol. The Bertz CT molecular complexity index is 395. The summed E-state index contributed by atoms with van der Waals surface area (Å²) in [5, 5.41) is 0. The van der Waals surface area contributed by atoms with Crippen molar-refractivity contribution in [1.82, 2.24) is 4.90 Å². The number of halogens is 3. The van der Waals surface area contributed by atoms with E-state index >= 15 is 0 Å². The molecule has 1 aliphatic carbocycles. The molecule has 0 spiro atoms. The van der Waals surface area contributed by atoms with E-state index in [0.29, 0.717) is 17.7 Å². The minimum absolute atomic E-state index is 0.161. The van der Waals surface area contributed by atoms with Gasteiger partial charge in [-0.25, -0.2) is 0 Å². The summed E-state index contributed by atoms with van der Waals surface area (Å²) in [6.45, 7) is 3.79. The van der Waals surface area contributed by atoms with Gasteiger partial charge < -0.3 is 9.64 Å². The normalized spacial score (nSPS) is 17.6. The molecule has 1 rings (SSSR count). The third kappa shape index (κ3) is 5.02. The second-order valence-electron chi connectivity index (χ2n) is 6.32. The molecule has 20 heavy (non-hydrogen) atoms. The van der Waals surface area contributed by atoms with Crippen molar-refractivity contribution in [3.05, 3.63) is 0 Å². The highest BCUT2D eigenvalue weighted by Crippen LogP contribution is 2.50. The molecule has 0 aliphatic heterocycles. The average molecular weight is 295 g/mol. The van der Waals surface area contributed by atoms with Crippen molar-refractivity contribution < 1.29 is 27.5 Å². The van der Waals surface area contributed by atoms with Crippen molar-refractivity contribution in [2.45, 2.75) is 51.8 Å². The van der Waals surface area contributed by atoms with E-state index in [1.807, 2.05) is 0 Å². The summed E-state index contributed by atoms with van der Waals surface area (Å²) < 4.78 is 41.9. The molecule has 7 heteroatoms. The van der Waals surface area contributed by atoms with Gasteiger partial charge in [0.2, 0.25) is 5.91 Å². The molecule has 0 N–H and O–H groups in total. The van der Waals surface area contributed by atoms with Gasteiger partial charge in [-0.15, -0.1) is 0 Å². The Morgan fingerprint density at radius 2 is 1.70 bits per heavy atom. The number of alkyl halides is 3. The number of esters is 1. The van der Waals surface area contributed by atoms with Crippen molar-refractivity contribution in [3.63, 3.8) is 0 Å². The first-order valence-corrected chi connectivity index (χ1v) is 6.39. The molecule has 1 fully saturated rings. The van der Waals surface area contributed by atoms with Gasteiger partial charge >= 0.3 is 12.1 Å². The Kier molecular flexibility index (Phi) is 4.41. The van der Waals surface area contributed by atoms with Crippen LogP contribution in [0.5, 0.6) is 0 Å². The fourth-order valence-corrected chi connectivity index (χ4v) is 2.02. The second kappa shape index (κ2) is 5.26. The van der Waals surface area contributed by atoms with Crippen LogP contribution in [0.25, 0.3) is 0 Å². The molecule has 0 unspecified atom stereocenters. The number of hydrogen-bond donors (Lipinski definition) is 0. The van der Waals surface area contributed by atoms with E-state index in [9.17, 15) is 22.8 Å². The monoisotopic (exact) mass is 295 g/mol. The quantitative estimate of drug-likeness (QED) is 0.749. The van der Waals surface area contributed by atoms with Gasteiger partial charge in [-0.3, -0.25) is 9.59 Å². The van der Waals surface area contributed by atoms with Crippen LogP contribution in [0.1, 0.15) is 40.0 Å². The topological polar surface area (TPSA) is 46.6 Å². The zero-order chi connectivity index (χ0) is 15.8. The lowest BCUT2D eigenvalue weighted by Gasteiger charge is -2.25. The van der Waals surface area contributed by atoms with Crippen molar-refractivity contribution in [2.24, 2.45) is 5.41 Å². The molecule has 0 aromatic rings. The summed E-state index contributed by atoms with van der Waals surface area (Å²) in [5.41, 5.74) is -1.67. The molecular weight excluding hydrogens is 275 g/mol. The van der Waals surface area contributed by atoms with Crippen LogP contribution in [0.2, 0.25) is 0 Å². The Morgan fingerprint density at radius 1 is 1.20 bits per heavy atom. The summed E-state index contributed by atoms with van der Waals surface area (Å²) in [7, 11) is 1.10.